The zero-order chi connectivity index (χ0) is 26.9. The lowest BCUT2D eigenvalue weighted by atomic mass is 10.1. The van der Waals surface area contributed by atoms with Gasteiger partial charge in [-0.2, -0.15) is 0 Å². The van der Waals surface area contributed by atoms with E-state index in [4.69, 9.17) is 13.9 Å². The van der Waals surface area contributed by atoms with E-state index in [2.05, 4.69) is 30.4 Å². The highest BCUT2D eigenvalue weighted by Gasteiger charge is 2.16. The van der Waals surface area contributed by atoms with Gasteiger partial charge in [0.05, 0.1) is 35.7 Å². The minimum Gasteiger partial charge on any atom is -0.493 e. The maximum Gasteiger partial charge on any atom is 0.174 e. The first kappa shape index (κ1) is 25.5. The van der Waals surface area contributed by atoms with Gasteiger partial charge in [-0.1, -0.05) is 12.1 Å². The molecule has 0 bridgehead atoms. The van der Waals surface area contributed by atoms with Gasteiger partial charge in [-0.15, -0.1) is 20.5 Å². The number of benzene rings is 2. The van der Waals surface area contributed by atoms with E-state index in [0.29, 0.717) is 59.2 Å². The quantitative estimate of drug-likeness (QED) is 0.171. The average Bonchev–Trinajstić information content (AvgIpc) is 3.46. The largest absolute Gasteiger partial charge is 0.493 e. The van der Waals surface area contributed by atoms with Crippen LogP contribution in [-0.2, 0) is 0 Å². The average molecular weight is 519 g/mol. The molecule has 3 aromatic heterocycles. The first-order valence-electron chi connectivity index (χ1n) is 12.5. The molecular formula is C30H26N6O3. The second-order valence-corrected chi connectivity index (χ2v) is 8.17. The van der Waals surface area contributed by atoms with E-state index in [1.165, 1.54) is 0 Å². The van der Waals surface area contributed by atoms with Gasteiger partial charge in [0, 0.05) is 24.5 Å². The van der Waals surface area contributed by atoms with Gasteiger partial charge in [0.2, 0.25) is 0 Å². The summed E-state index contributed by atoms with van der Waals surface area (Å²) < 4.78 is 18.1. The van der Waals surface area contributed by atoms with Crippen LogP contribution in [0.2, 0.25) is 0 Å². The summed E-state index contributed by atoms with van der Waals surface area (Å²) in [5.41, 5.74) is 2.90. The van der Waals surface area contributed by atoms with E-state index in [0.717, 1.165) is 11.1 Å². The smallest absolute Gasteiger partial charge is 0.174 e. The summed E-state index contributed by atoms with van der Waals surface area (Å²) >= 11 is 0. The number of hydrogen-bond acceptors (Lipinski definition) is 9. The van der Waals surface area contributed by atoms with Crippen molar-refractivity contribution in [2.24, 2.45) is 20.5 Å². The SMILES string of the molecule is CCOc1cc(N=Nc2ccccn2)ccc1-c1ccc(-c2ccc(N=Nc3ccccn3)cc2OCC)o1. The normalized spacial score (nSPS) is 11.3. The molecule has 0 aliphatic carbocycles. The van der Waals surface area contributed by atoms with Crippen LogP contribution < -0.4 is 9.47 Å². The molecule has 5 rings (SSSR count). The Labute approximate surface area is 225 Å². The zero-order valence-corrected chi connectivity index (χ0v) is 21.6. The molecule has 0 radical (unpaired) electrons. The maximum absolute atomic E-state index is 6.28. The van der Waals surface area contributed by atoms with E-state index in [9.17, 15) is 0 Å². The first-order chi connectivity index (χ1) is 19.2. The Bertz CT molecular complexity index is 1470. The molecule has 0 aliphatic heterocycles. The van der Waals surface area contributed by atoms with E-state index in [1.54, 1.807) is 24.5 Å². The van der Waals surface area contributed by atoms with Crippen molar-refractivity contribution >= 4 is 23.0 Å². The molecule has 0 N–H and O–H groups in total. The van der Waals surface area contributed by atoms with Crippen molar-refractivity contribution in [2.45, 2.75) is 13.8 Å². The Morgan fingerprint density at radius 1 is 0.590 bits per heavy atom. The lowest BCUT2D eigenvalue weighted by Gasteiger charge is -2.10. The summed E-state index contributed by atoms with van der Waals surface area (Å²) in [6.45, 7) is 4.84. The molecule has 0 fully saturated rings. The van der Waals surface area contributed by atoms with Crippen LogP contribution in [0, 0.1) is 0 Å². The summed E-state index contributed by atoms with van der Waals surface area (Å²) in [7, 11) is 0. The molecule has 0 unspecified atom stereocenters. The predicted octanol–water partition coefficient (Wildman–Crippen LogP) is 9.03. The van der Waals surface area contributed by atoms with Gasteiger partial charge in [-0.3, -0.25) is 0 Å². The van der Waals surface area contributed by atoms with Gasteiger partial charge in [0.15, 0.2) is 11.6 Å². The molecule has 194 valence electrons. The third-order valence-corrected chi connectivity index (χ3v) is 5.50. The molecule has 0 spiro atoms. The number of rotatable bonds is 10. The Morgan fingerprint density at radius 2 is 1.08 bits per heavy atom. The summed E-state index contributed by atoms with van der Waals surface area (Å²) in [4.78, 5) is 8.34. The molecule has 0 saturated heterocycles. The van der Waals surface area contributed by atoms with Crippen LogP contribution in [0.15, 0.2) is 122 Å². The summed E-state index contributed by atoms with van der Waals surface area (Å²) in [6.07, 6.45) is 3.35. The fourth-order valence-electron chi connectivity index (χ4n) is 3.77. The lowest BCUT2D eigenvalue weighted by molar-refractivity contribution is 0.340. The molecule has 9 nitrogen and oxygen atoms in total. The summed E-state index contributed by atoms with van der Waals surface area (Å²) in [5.74, 6) is 3.66. The number of hydrogen-bond donors (Lipinski definition) is 0. The molecule has 0 amide bonds. The molecule has 0 saturated carbocycles. The molecule has 0 atom stereocenters. The highest BCUT2D eigenvalue weighted by atomic mass is 16.5. The lowest BCUT2D eigenvalue weighted by Crippen LogP contribution is -1.94. The van der Waals surface area contributed by atoms with E-state index < -0.39 is 0 Å². The Balaban J connectivity index is 1.42. The third kappa shape index (κ3) is 6.40. The highest BCUT2D eigenvalue weighted by Crippen LogP contribution is 2.40. The Hall–Kier alpha value is -5.18. The Morgan fingerprint density at radius 3 is 1.49 bits per heavy atom. The maximum atomic E-state index is 6.28. The predicted molar refractivity (Wildman–Crippen MR) is 149 cm³/mol. The van der Waals surface area contributed by atoms with E-state index in [1.807, 2.05) is 86.6 Å². The number of ether oxygens (including phenoxy) is 2. The Kier molecular flexibility index (Phi) is 8.08. The van der Waals surface area contributed by atoms with E-state index >= 15 is 0 Å². The van der Waals surface area contributed by atoms with Crippen LogP contribution in [0.5, 0.6) is 11.5 Å². The topological polar surface area (TPSA) is 107 Å². The van der Waals surface area contributed by atoms with Gasteiger partial charge in [0.1, 0.15) is 23.0 Å². The number of azo groups is 2. The molecule has 9 heteroatoms. The van der Waals surface area contributed by atoms with Crippen molar-refractivity contribution in [1.29, 1.82) is 0 Å². The van der Waals surface area contributed by atoms with Crippen LogP contribution in [0.4, 0.5) is 23.0 Å². The fraction of sp³-hybridized carbons (Fsp3) is 0.133. The zero-order valence-electron chi connectivity index (χ0n) is 21.6. The minimum atomic E-state index is 0.490. The van der Waals surface area contributed by atoms with Crippen LogP contribution >= 0.6 is 0 Å². The van der Waals surface area contributed by atoms with Crippen LogP contribution in [0.3, 0.4) is 0 Å². The molecule has 2 aromatic carbocycles. The van der Waals surface area contributed by atoms with Crippen LogP contribution in [0.25, 0.3) is 22.6 Å². The van der Waals surface area contributed by atoms with Crippen molar-refractivity contribution in [2.75, 3.05) is 13.2 Å². The van der Waals surface area contributed by atoms with Crippen molar-refractivity contribution < 1.29 is 13.9 Å². The van der Waals surface area contributed by atoms with E-state index in [-0.39, 0.29) is 0 Å². The van der Waals surface area contributed by atoms with Gasteiger partial charge in [-0.25, -0.2) is 9.97 Å². The summed E-state index contributed by atoms with van der Waals surface area (Å²) in [5, 5.41) is 17.0. The molecule has 39 heavy (non-hydrogen) atoms. The third-order valence-electron chi connectivity index (χ3n) is 5.50. The van der Waals surface area contributed by atoms with Crippen molar-refractivity contribution in [3.05, 3.63) is 97.3 Å². The monoisotopic (exact) mass is 518 g/mol. The second kappa shape index (κ2) is 12.4. The molecular weight excluding hydrogens is 492 g/mol. The van der Waals surface area contributed by atoms with Crippen molar-refractivity contribution in [1.82, 2.24) is 9.97 Å². The molecule has 0 aliphatic rings. The summed E-state index contributed by atoms with van der Waals surface area (Å²) in [6, 6.07) is 26.0. The van der Waals surface area contributed by atoms with Crippen LogP contribution in [0.1, 0.15) is 13.8 Å². The van der Waals surface area contributed by atoms with Gasteiger partial charge in [0.25, 0.3) is 0 Å². The first-order valence-corrected chi connectivity index (χ1v) is 12.5. The number of aromatic nitrogens is 2. The van der Waals surface area contributed by atoms with Crippen LogP contribution in [-0.4, -0.2) is 23.2 Å². The molecule has 5 aromatic rings. The van der Waals surface area contributed by atoms with Gasteiger partial charge < -0.3 is 13.9 Å². The number of pyridine rings is 2. The minimum absolute atomic E-state index is 0.490. The standard InChI is InChI=1S/C30H26N6O3/c1-3-37-27-19-21(33-35-29-9-5-7-17-31-29)11-13-23(27)25-15-16-26(39-25)24-14-12-22(20-28(24)38-4-2)34-36-30-10-6-8-18-32-30/h5-20H,3-4H2,1-2H3. The highest BCUT2D eigenvalue weighted by molar-refractivity contribution is 5.74. The number of furan rings is 1. The number of nitrogens with zero attached hydrogens (tertiary/aromatic N) is 6. The molecule has 3 heterocycles. The fourth-order valence-corrected chi connectivity index (χ4v) is 3.77. The van der Waals surface area contributed by atoms with Gasteiger partial charge >= 0.3 is 0 Å². The van der Waals surface area contributed by atoms with Crippen molar-refractivity contribution in [3.63, 3.8) is 0 Å². The van der Waals surface area contributed by atoms with Crippen molar-refractivity contribution in [3.8, 4) is 34.1 Å². The second-order valence-electron chi connectivity index (χ2n) is 8.17. The van der Waals surface area contributed by atoms with Gasteiger partial charge in [-0.05, 0) is 74.5 Å².